The lowest BCUT2D eigenvalue weighted by Crippen LogP contribution is -2.18. The molecule has 0 aliphatic rings. The first kappa shape index (κ1) is 15.0. The smallest absolute Gasteiger partial charge is 0.267 e. The Morgan fingerprint density at radius 3 is 2.67 bits per heavy atom. The van der Waals surface area contributed by atoms with Crippen LogP contribution in [0.1, 0.15) is 37.0 Å². The molecule has 0 atom stereocenters. The van der Waals surface area contributed by atoms with Gasteiger partial charge < -0.3 is 0 Å². The molecule has 1 aromatic carbocycles. The summed E-state index contributed by atoms with van der Waals surface area (Å²) < 4.78 is 0. The molecule has 0 fully saturated rings. The number of amides is 1. The summed E-state index contributed by atoms with van der Waals surface area (Å²) >= 11 is 11.7. The van der Waals surface area contributed by atoms with Crippen molar-refractivity contribution in [1.82, 2.24) is 5.43 Å². The molecule has 1 aromatic rings. The molecule has 98 valence electrons. The number of halogens is 2. The van der Waals surface area contributed by atoms with Gasteiger partial charge in [-0.25, -0.2) is 5.43 Å². The Morgan fingerprint density at radius 1 is 1.39 bits per heavy atom. The first-order valence-electron chi connectivity index (χ1n) is 5.87. The molecular formula is C13H16Cl2N2O. The molecule has 0 heterocycles. The number of rotatable bonds is 5. The second-order valence-corrected chi connectivity index (χ2v) is 4.76. The van der Waals surface area contributed by atoms with Gasteiger partial charge in [0.1, 0.15) is 0 Å². The Hall–Kier alpha value is -1.06. The predicted molar refractivity (Wildman–Crippen MR) is 76.5 cm³/mol. The molecule has 1 N–H and O–H groups in total. The normalized spacial score (nSPS) is 11.2. The molecule has 0 aromatic heterocycles. The van der Waals surface area contributed by atoms with Crippen LogP contribution in [0.25, 0.3) is 0 Å². The summed E-state index contributed by atoms with van der Waals surface area (Å²) in [5.74, 6) is 0.0184. The number of benzene rings is 1. The van der Waals surface area contributed by atoms with E-state index in [2.05, 4.69) is 24.4 Å². The van der Waals surface area contributed by atoms with Gasteiger partial charge in [0, 0.05) is 11.2 Å². The summed E-state index contributed by atoms with van der Waals surface area (Å²) in [6.07, 6.45) is 3.73. The average Bonchev–Trinajstić information content (AvgIpc) is 2.37. The first-order chi connectivity index (χ1) is 8.58. The quantitative estimate of drug-likeness (QED) is 0.641. The number of hydrazone groups is 1. The van der Waals surface area contributed by atoms with E-state index in [9.17, 15) is 4.79 Å². The van der Waals surface area contributed by atoms with Crippen LogP contribution in [0.15, 0.2) is 23.3 Å². The van der Waals surface area contributed by atoms with E-state index in [1.807, 2.05) is 0 Å². The number of carbonyl (C=O) groups excluding carboxylic acids is 1. The first-order valence-corrected chi connectivity index (χ1v) is 6.62. The van der Waals surface area contributed by atoms with Crippen LogP contribution < -0.4 is 5.43 Å². The summed E-state index contributed by atoms with van der Waals surface area (Å²) in [6, 6.07) is 4.74. The second kappa shape index (κ2) is 7.39. The lowest BCUT2D eigenvalue weighted by Gasteiger charge is -2.05. The fourth-order valence-corrected chi connectivity index (χ4v) is 1.81. The maximum absolute atomic E-state index is 11.8. The summed E-state index contributed by atoms with van der Waals surface area (Å²) in [7, 11) is 0. The third kappa shape index (κ3) is 4.31. The van der Waals surface area contributed by atoms with Crippen LogP contribution in [0.4, 0.5) is 0 Å². The largest absolute Gasteiger partial charge is 0.272 e. The van der Waals surface area contributed by atoms with E-state index >= 15 is 0 Å². The highest BCUT2D eigenvalue weighted by molar-refractivity contribution is 6.35. The van der Waals surface area contributed by atoms with Crippen LogP contribution in [-0.4, -0.2) is 12.1 Å². The Morgan fingerprint density at radius 2 is 2.06 bits per heavy atom. The van der Waals surface area contributed by atoms with Crippen molar-refractivity contribution < 1.29 is 4.79 Å². The monoisotopic (exact) mass is 286 g/mol. The number of nitrogens with one attached hydrogen (secondary N) is 1. The number of hydrogen-bond donors (Lipinski definition) is 1. The van der Waals surface area contributed by atoms with Crippen LogP contribution in [-0.2, 0) is 0 Å². The highest BCUT2D eigenvalue weighted by Crippen LogP contribution is 2.20. The molecule has 0 aliphatic heterocycles. The van der Waals surface area contributed by atoms with Crippen molar-refractivity contribution in [3.63, 3.8) is 0 Å². The molecule has 1 rings (SSSR count). The highest BCUT2D eigenvalue weighted by Gasteiger charge is 2.10. The van der Waals surface area contributed by atoms with E-state index in [0.29, 0.717) is 21.5 Å². The Bertz CT molecular complexity index is 443. The number of hydrogen-bond acceptors (Lipinski definition) is 2. The Kier molecular flexibility index (Phi) is 6.16. The Balaban J connectivity index is 2.68. The summed E-state index contributed by atoms with van der Waals surface area (Å²) in [5.41, 5.74) is 2.78. The maximum Gasteiger partial charge on any atom is 0.272 e. The predicted octanol–water partition coefficient (Wildman–Crippen LogP) is 4.15. The van der Waals surface area contributed by atoms with Gasteiger partial charge in [0.25, 0.3) is 5.91 Å². The van der Waals surface area contributed by atoms with Crippen molar-refractivity contribution in [3.8, 4) is 0 Å². The molecule has 0 saturated heterocycles. The molecule has 3 nitrogen and oxygen atoms in total. The minimum atomic E-state index is -0.357. The molecule has 1 amide bonds. The lowest BCUT2D eigenvalue weighted by atomic mass is 10.1. The second-order valence-electron chi connectivity index (χ2n) is 3.92. The molecule has 0 spiro atoms. The van der Waals surface area contributed by atoms with E-state index in [0.717, 1.165) is 12.8 Å². The standard InChI is InChI=1S/C13H16Cl2N2O/c1-3-9(4-2)8-16-17-13(18)11-7-10(14)5-6-12(11)15/h5-9H,3-4H2,1-2H3,(H,17,18)/b16-8-. The van der Waals surface area contributed by atoms with Gasteiger partial charge in [-0.15, -0.1) is 0 Å². The third-order valence-electron chi connectivity index (χ3n) is 2.67. The van der Waals surface area contributed by atoms with E-state index in [4.69, 9.17) is 23.2 Å². The zero-order valence-corrected chi connectivity index (χ0v) is 11.9. The van der Waals surface area contributed by atoms with Crippen molar-refractivity contribution in [3.05, 3.63) is 33.8 Å². The molecule has 0 saturated carbocycles. The molecular weight excluding hydrogens is 271 g/mol. The van der Waals surface area contributed by atoms with Crippen LogP contribution >= 0.6 is 23.2 Å². The summed E-state index contributed by atoms with van der Waals surface area (Å²) in [4.78, 5) is 11.8. The topological polar surface area (TPSA) is 41.5 Å². The fraction of sp³-hybridized carbons (Fsp3) is 0.385. The number of carbonyl (C=O) groups is 1. The molecule has 0 radical (unpaired) electrons. The van der Waals surface area contributed by atoms with Gasteiger partial charge in [-0.2, -0.15) is 5.10 Å². The van der Waals surface area contributed by atoms with Gasteiger partial charge in [0.15, 0.2) is 0 Å². The van der Waals surface area contributed by atoms with E-state index < -0.39 is 0 Å². The van der Waals surface area contributed by atoms with Gasteiger partial charge in [-0.1, -0.05) is 37.0 Å². The highest BCUT2D eigenvalue weighted by atomic mass is 35.5. The minimum Gasteiger partial charge on any atom is -0.267 e. The molecule has 0 aliphatic carbocycles. The van der Waals surface area contributed by atoms with Gasteiger partial charge >= 0.3 is 0 Å². The van der Waals surface area contributed by atoms with Crippen LogP contribution in [0, 0.1) is 5.92 Å². The minimum absolute atomic E-state index is 0.325. The average molecular weight is 287 g/mol. The SMILES string of the molecule is CCC(/C=N\NC(=O)c1cc(Cl)ccc1Cl)CC. The van der Waals surface area contributed by atoms with Gasteiger partial charge in [-0.05, 0) is 37.0 Å². The van der Waals surface area contributed by atoms with Crippen molar-refractivity contribution in [1.29, 1.82) is 0 Å². The van der Waals surface area contributed by atoms with E-state index in [1.165, 1.54) is 6.07 Å². The summed E-state index contributed by atoms with van der Waals surface area (Å²) in [5, 5.41) is 4.76. The lowest BCUT2D eigenvalue weighted by molar-refractivity contribution is 0.0955. The molecule has 18 heavy (non-hydrogen) atoms. The van der Waals surface area contributed by atoms with Crippen molar-refractivity contribution in [2.75, 3.05) is 0 Å². The van der Waals surface area contributed by atoms with Crippen LogP contribution in [0.2, 0.25) is 10.0 Å². The molecule has 0 bridgehead atoms. The zero-order valence-electron chi connectivity index (χ0n) is 10.4. The Labute approximate surface area is 117 Å². The van der Waals surface area contributed by atoms with E-state index in [1.54, 1.807) is 18.3 Å². The van der Waals surface area contributed by atoms with Crippen molar-refractivity contribution in [2.45, 2.75) is 26.7 Å². The molecule has 0 unspecified atom stereocenters. The van der Waals surface area contributed by atoms with Crippen molar-refractivity contribution in [2.24, 2.45) is 11.0 Å². The molecule has 5 heteroatoms. The van der Waals surface area contributed by atoms with E-state index in [-0.39, 0.29) is 5.91 Å². The van der Waals surface area contributed by atoms with Crippen molar-refractivity contribution >= 4 is 35.3 Å². The maximum atomic E-state index is 11.8. The number of nitrogens with zero attached hydrogens (tertiary/aromatic N) is 1. The van der Waals surface area contributed by atoms with Crippen LogP contribution in [0.5, 0.6) is 0 Å². The van der Waals surface area contributed by atoms with Gasteiger partial charge in [0.05, 0.1) is 10.6 Å². The van der Waals surface area contributed by atoms with Gasteiger partial charge in [0.2, 0.25) is 0 Å². The zero-order chi connectivity index (χ0) is 13.5. The van der Waals surface area contributed by atoms with Crippen LogP contribution in [0.3, 0.4) is 0 Å². The third-order valence-corrected chi connectivity index (χ3v) is 3.24. The summed E-state index contributed by atoms with van der Waals surface area (Å²) in [6.45, 7) is 4.16. The fourth-order valence-electron chi connectivity index (χ4n) is 1.43. The van der Waals surface area contributed by atoms with Gasteiger partial charge in [-0.3, -0.25) is 4.79 Å².